The number of β-lactam (4-membered cyclic amide) rings is 1. The number of rotatable bonds is 11. The highest BCUT2D eigenvalue weighted by molar-refractivity contribution is 5.99. The number of carbonyl (C=O) groups is 4. The van der Waals surface area contributed by atoms with Gasteiger partial charge in [0.2, 0.25) is 17.7 Å². The summed E-state index contributed by atoms with van der Waals surface area (Å²) in [5.74, 6) is -1.50. The minimum atomic E-state index is -4.58. The molecule has 5 atom stereocenters. The van der Waals surface area contributed by atoms with E-state index >= 15 is 0 Å². The third-order valence-corrected chi connectivity index (χ3v) is 11.6. The quantitative estimate of drug-likeness (QED) is 0.221. The standard InChI is InChI=1S/C43H48F3N5O5/c1-29(32-16-11-17-33(26-32)43(44,45)46)47-40(53)36(27-38(52)49-24-20-34(21-25-49)48-22-9-4-10-23-48)50-35(19-18-30-12-5-2-6-13-30)39(41(50)54)51-37(28-56-42(51)55)31-14-7-3-8-15-31/h2-3,5-8,11-19,26,29,34-37,39H,4,9-10,20-25,27-28H2,1H3,(H,47,53)/t29-,35+,36+,37+,39-/m0/s1. The molecular formula is C43H48F3N5O5. The Morgan fingerprint density at radius 3 is 2.25 bits per heavy atom. The largest absolute Gasteiger partial charge is 0.447 e. The van der Waals surface area contributed by atoms with Crippen LogP contribution in [-0.4, -0.2) is 100 Å². The molecule has 0 radical (unpaired) electrons. The number of nitrogens with one attached hydrogen (secondary N) is 1. The summed E-state index contributed by atoms with van der Waals surface area (Å²) in [4.78, 5) is 63.5. The van der Waals surface area contributed by atoms with E-state index < -0.39 is 59.9 Å². The SMILES string of the molecule is C[C@H](NC(=O)[C@@H](CC(=O)N1CCC(N2CCCCC2)CC1)N1C(=O)[C@@H](N2C(=O)OC[C@@H]2c2ccccc2)[C@H]1C=Cc1ccccc1)c1cccc(C(F)(F)F)c1. The van der Waals surface area contributed by atoms with Crippen LogP contribution in [0.1, 0.15) is 79.8 Å². The molecule has 10 nitrogen and oxygen atoms in total. The van der Waals surface area contributed by atoms with Gasteiger partial charge in [-0.2, -0.15) is 13.2 Å². The summed E-state index contributed by atoms with van der Waals surface area (Å²) in [5, 5.41) is 2.82. The van der Waals surface area contributed by atoms with Crippen molar-refractivity contribution in [3.8, 4) is 0 Å². The summed E-state index contributed by atoms with van der Waals surface area (Å²) in [6.07, 6.45) is 3.17. The molecule has 4 fully saturated rings. The number of nitrogens with zero attached hydrogens (tertiary/aromatic N) is 4. The van der Waals surface area contributed by atoms with E-state index in [2.05, 4.69) is 10.2 Å². The van der Waals surface area contributed by atoms with Gasteiger partial charge in [-0.3, -0.25) is 19.3 Å². The topological polar surface area (TPSA) is 103 Å². The summed E-state index contributed by atoms with van der Waals surface area (Å²) >= 11 is 0. The first kappa shape index (κ1) is 39.1. The van der Waals surface area contributed by atoms with Crippen LogP contribution in [0.3, 0.4) is 0 Å². The molecule has 296 valence electrons. The van der Waals surface area contributed by atoms with Gasteiger partial charge in [-0.25, -0.2) is 4.79 Å². The first-order valence-electron chi connectivity index (χ1n) is 19.5. The van der Waals surface area contributed by atoms with Crippen LogP contribution in [0.25, 0.3) is 6.08 Å². The van der Waals surface area contributed by atoms with E-state index in [-0.39, 0.29) is 24.5 Å². The molecule has 56 heavy (non-hydrogen) atoms. The molecule has 1 N–H and O–H groups in total. The molecule has 3 aromatic rings. The van der Waals surface area contributed by atoms with Crippen LogP contribution in [0.4, 0.5) is 18.0 Å². The molecule has 0 spiro atoms. The van der Waals surface area contributed by atoms with Gasteiger partial charge < -0.3 is 24.8 Å². The van der Waals surface area contributed by atoms with Gasteiger partial charge in [-0.15, -0.1) is 0 Å². The number of alkyl halides is 3. The van der Waals surface area contributed by atoms with Gasteiger partial charge in [0, 0.05) is 19.1 Å². The lowest BCUT2D eigenvalue weighted by molar-refractivity contribution is -0.164. The molecule has 0 saturated carbocycles. The van der Waals surface area contributed by atoms with Crippen molar-refractivity contribution >= 4 is 29.9 Å². The second kappa shape index (κ2) is 16.9. The first-order chi connectivity index (χ1) is 27.0. The summed E-state index contributed by atoms with van der Waals surface area (Å²) in [7, 11) is 0. The van der Waals surface area contributed by atoms with Crippen LogP contribution in [0.2, 0.25) is 0 Å². The molecular weight excluding hydrogens is 723 g/mol. The second-order valence-corrected chi connectivity index (χ2v) is 15.1. The Hall–Kier alpha value is -5.17. The Bertz CT molecular complexity index is 1900. The van der Waals surface area contributed by atoms with E-state index in [0.717, 1.165) is 49.2 Å². The minimum Gasteiger partial charge on any atom is -0.447 e. The normalized spacial score (nSPS) is 23.5. The number of piperidine rings is 2. The lowest BCUT2D eigenvalue weighted by atomic mass is 9.87. The summed E-state index contributed by atoms with van der Waals surface area (Å²) < 4.78 is 46.4. The van der Waals surface area contributed by atoms with E-state index in [1.807, 2.05) is 66.7 Å². The summed E-state index contributed by atoms with van der Waals surface area (Å²) in [5.41, 5.74) is 0.966. The predicted molar refractivity (Wildman–Crippen MR) is 204 cm³/mol. The van der Waals surface area contributed by atoms with E-state index in [1.54, 1.807) is 17.9 Å². The molecule has 0 aromatic heterocycles. The first-order valence-corrected chi connectivity index (χ1v) is 19.5. The highest BCUT2D eigenvalue weighted by Gasteiger charge is 2.58. The maximum Gasteiger partial charge on any atom is 0.416 e. The van der Waals surface area contributed by atoms with Crippen LogP contribution in [0, 0.1) is 0 Å². The van der Waals surface area contributed by atoms with Gasteiger partial charge in [0.05, 0.1) is 30.1 Å². The number of amides is 4. The van der Waals surface area contributed by atoms with Crippen LogP contribution in [0.5, 0.6) is 0 Å². The van der Waals surface area contributed by atoms with Gasteiger partial charge in [-0.1, -0.05) is 91.4 Å². The van der Waals surface area contributed by atoms with Gasteiger partial charge in [-0.05, 0) is 74.5 Å². The number of benzene rings is 3. The molecule has 0 bridgehead atoms. The lowest BCUT2D eigenvalue weighted by Gasteiger charge is -2.52. The third-order valence-electron chi connectivity index (χ3n) is 11.6. The van der Waals surface area contributed by atoms with Crippen molar-refractivity contribution in [2.24, 2.45) is 0 Å². The van der Waals surface area contributed by atoms with Gasteiger partial charge >= 0.3 is 12.3 Å². The van der Waals surface area contributed by atoms with Crippen LogP contribution >= 0.6 is 0 Å². The van der Waals surface area contributed by atoms with E-state index in [9.17, 15) is 32.3 Å². The third kappa shape index (κ3) is 8.47. The van der Waals surface area contributed by atoms with Crippen molar-refractivity contribution in [3.63, 3.8) is 0 Å². The second-order valence-electron chi connectivity index (χ2n) is 15.1. The average molecular weight is 772 g/mol. The average Bonchev–Trinajstić information content (AvgIpc) is 3.59. The number of likely N-dealkylation sites (tertiary alicyclic amines) is 3. The lowest BCUT2D eigenvalue weighted by Crippen LogP contribution is -2.74. The monoisotopic (exact) mass is 771 g/mol. The summed E-state index contributed by atoms with van der Waals surface area (Å²) in [6.45, 7) is 4.73. The number of halogens is 3. The van der Waals surface area contributed by atoms with E-state index in [4.69, 9.17) is 4.74 Å². The Morgan fingerprint density at radius 1 is 0.893 bits per heavy atom. The fourth-order valence-corrected chi connectivity index (χ4v) is 8.56. The van der Waals surface area contributed by atoms with Crippen LogP contribution < -0.4 is 5.32 Å². The van der Waals surface area contributed by atoms with Crippen LogP contribution in [-0.2, 0) is 25.3 Å². The molecule has 3 aromatic carbocycles. The molecule has 7 rings (SSSR count). The van der Waals surface area contributed by atoms with Crippen molar-refractivity contribution in [2.75, 3.05) is 32.8 Å². The molecule has 4 heterocycles. The molecule has 0 aliphatic carbocycles. The van der Waals surface area contributed by atoms with Crippen molar-refractivity contribution in [1.29, 1.82) is 0 Å². The fraction of sp³-hybridized carbons (Fsp3) is 0.442. The number of hydrogen-bond acceptors (Lipinski definition) is 6. The molecule has 4 amide bonds. The maximum absolute atomic E-state index is 14.5. The smallest absolute Gasteiger partial charge is 0.416 e. The zero-order valence-corrected chi connectivity index (χ0v) is 31.4. The molecule has 0 unspecified atom stereocenters. The number of ether oxygens (including phenoxy) is 1. The Balaban J connectivity index is 1.18. The van der Waals surface area contributed by atoms with Gasteiger partial charge in [0.25, 0.3) is 0 Å². The molecule has 4 aliphatic rings. The molecule has 13 heteroatoms. The highest BCUT2D eigenvalue weighted by atomic mass is 19.4. The molecule has 4 saturated heterocycles. The molecule has 4 aliphatic heterocycles. The highest BCUT2D eigenvalue weighted by Crippen LogP contribution is 2.39. The Kier molecular flexibility index (Phi) is 11.8. The Morgan fingerprint density at radius 2 is 1.57 bits per heavy atom. The van der Waals surface area contributed by atoms with E-state index in [0.29, 0.717) is 19.1 Å². The van der Waals surface area contributed by atoms with Crippen molar-refractivity contribution in [3.05, 3.63) is 113 Å². The fourth-order valence-electron chi connectivity index (χ4n) is 8.56. The van der Waals surface area contributed by atoms with Crippen LogP contribution in [0.15, 0.2) is 91.0 Å². The number of carbonyl (C=O) groups excluding carboxylic acids is 4. The van der Waals surface area contributed by atoms with Crippen molar-refractivity contribution in [1.82, 2.24) is 24.9 Å². The van der Waals surface area contributed by atoms with Gasteiger partial charge in [0.1, 0.15) is 18.7 Å². The summed E-state index contributed by atoms with van der Waals surface area (Å²) in [6, 6.07) is 19.0. The zero-order chi connectivity index (χ0) is 39.4. The number of hydrogen-bond donors (Lipinski definition) is 1. The predicted octanol–water partition coefficient (Wildman–Crippen LogP) is 6.60. The van der Waals surface area contributed by atoms with Gasteiger partial charge in [0.15, 0.2) is 0 Å². The van der Waals surface area contributed by atoms with Crippen molar-refractivity contribution < 1.29 is 37.1 Å². The number of cyclic esters (lactones) is 1. The zero-order valence-electron chi connectivity index (χ0n) is 31.4. The van der Waals surface area contributed by atoms with E-state index in [1.165, 1.54) is 41.2 Å². The van der Waals surface area contributed by atoms with Crippen molar-refractivity contribution in [2.45, 2.75) is 87.9 Å². The Labute approximate surface area is 325 Å². The minimum absolute atomic E-state index is 0.0338. The maximum atomic E-state index is 14.5.